The number of hydrogen-bond acceptors (Lipinski definition) is 5. The number of carbonyl (C=O) groups is 2. The maximum Gasteiger partial charge on any atom is 0.344 e. The Morgan fingerprint density at radius 3 is 2.52 bits per heavy atom. The van der Waals surface area contributed by atoms with Crippen LogP contribution in [0.1, 0.15) is 26.7 Å². The summed E-state index contributed by atoms with van der Waals surface area (Å²) >= 11 is 0. The van der Waals surface area contributed by atoms with Gasteiger partial charge in [-0.1, -0.05) is 13.3 Å². The Hall–Kier alpha value is -2.24. The molecule has 1 rings (SSSR count). The summed E-state index contributed by atoms with van der Waals surface area (Å²) in [5.74, 6) is -0.385. The molecule has 21 heavy (non-hydrogen) atoms. The molecule has 0 heterocycles. The maximum absolute atomic E-state index is 11.5. The highest BCUT2D eigenvalue weighted by atomic mass is 16.6. The van der Waals surface area contributed by atoms with Gasteiger partial charge in [0, 0.05) is 11.7 Å². The van der Waals surface area contributed by atoms with Crippen LogP contribution in [0, 0.1) is 0 Å². The number of rotatable bonds is 8. The van der Waals surface area contributed by atoms with Crippen molar-refractivity contribution < 1.29 is 19.1 Å². The SMILES string of the molecule is CCCC(C)NC(=O)COC(=O)COc1ccc(N)cc1. The lowest BCUT2D eigenvalue weighted by atomic mass is 10.2. The van der Waals surface area contributed by atoms with E-state index in [1.165, 1.54) is 0 Å². The molecule has 0 aliphatic carbocycles. The van der Waals surface area contributed by atoms with Gasteiger partial charge in [0.15, 0.2) is 13.2 Å². The quantitative estimate of drug-likeness (QED) is 0.560. The molecule has 1 aromatic rings. The van der Waals surface area contributed by atoms with Gasteiger partial charge in [-0.25, -0.2) is 4.79 Å². The normalized spacial score (nSPS) is 11.5. The average molecular weight is 294 g/mol. The summed E-state index contributed by atoms with van der Waals surface area (Å²) in [5.41, 5.74) is 6.15. The molecular formula is C15H22N2O4. The van der Waals surface area contributed by atoms with Crippen LogP contribution < -0.4 is 15.8 Å². The minimum atomic E-state index is -0.592. The predicted molar refractivity (Wildman–Crippen MR) is 79.8 cm³/mol. The van der Waals surface area contributed by atoms with Gasteiger partial charge >= 0.3 is 5.97 Å². The van der Waals surface area contributed by atoms with Gasteiger partial charge < -0.3 is 20.5 Å². The van der Waals surface area contributed by atoms with Gasteiger partial charge in [-0.2, -0.15) is 0 Å². The summed E-state index contributed by atoms with van der Waals surface area (Å²) in [6, 6.07) is 6.72. The zero-order chi connectivity index (χ0) is 15.7. The average Bonchev–Trinajstić information content (AvgIpc) is 2.44. The Morgan fingerprint density at radius 2 is 1.90 bits per heavy atom. The van der Waals surface area contributed by atoms with E-state index in [-0.39, 0.29) is 25.2 Å². The number of amides is 1. The molecule has 6 heteroatoms. The summed E-state index contributed by atoms with van der Waals surface area (Å²) in [7, 11) is 0. The molecule has 0 radical (unpaired) electrons. The molecule has 0 aromatic heterocycles. The molecule has 1 amide bonds. The Morgan fingerprint density at radius 1 is 1.24 bits per heavy atom. The smallest absolute Gasteiger partial charge is 0.344 e. The molecule has 0 spiro atoms. The van der Waals surface area contributed by atoms with Crippen LogP contribution in [0.4, 0.5) is 5.69 Å². The van der Waals surface area contributed by atoms with Gasteiger partial charge in [0.25, 0.3) is 5.91 Å². The third-order valence-corrected chi connectivity index (χ3v) is 2.73. The molecular weight excluding hydrogens is 272 g/mol. The third kappa shape index (κ3) is 7.20. The van der Waals surface area contributed by atoms with Crippen LogP contribution in [0.15, 0.2) is 24.3 Å². The number of esters is 1. The van der Waals surface area contributed by atoms with Gasteiger partial charge in [0.1, 0.15) is 5.75 Å². The van der Waals surface area contributed by atoms with Gasteiger partial charge in [0.2, 0.25) is 0 Å². The summed E-state index contributed by atoms with van der Waals surface area (Å²) in [4.78, 5) is 22.9. The zero-order valence-corrected chi connectivity index (χ0v) is 12.4. The molecule has 0 fully saturated rings. The third-order valence-electron chi connectivity index (χ3n) is 2.73. The first-order valence-corrected chi connectivity index (χ1v) is 6.94. The van der Waals surface area contributed by atoms with Crippen LogP contribution >= 0.6 is 0 Å². The standard InChI is InChI=1S/C15H22N2O4/c1-3-4-11(2)17-14(18)9-21-15(19)10-20-13-7-5-12(16)6-8-13/h5-8,11H,3-4,9-10,16H2,1-2H3,(H,17,18). The topological polar surface area (TPSA) is 90.6 Å². The monoisotopic (exact) mass is 294 g/mol. The van der Waals surface area contributed by atoms with E-state index in [2.05, 4.69) is 5.32 Å². The molecule has 0 saturated carbocycles. The Bertz CT molecular complexity index is 459. The number of carbonyl (C=O) groups excluding carboxylic acids is 2. The summed E-state index contributed by atoms with van der Waals surface area (Å²) in [6.07, 6.45) is 1.87. The van der Waals surface area contributed by atoms with Crippen molar-refractivity contribution in [1.29, 1.82) is 0 Å². The van der Waals surface area contributed by atoms with Crippen LogP contribution in [-0.4, -0.2) is 31.1 Å². The second kappa shape index (κ2) is 8.84. The van der Waals surface area contributed by atoms with E-state index in [4.69, 9.17) is 15.2 Å². The van der Waals surface area contributed by atoms with Crippen LogP contribution in [0.3, 0.4) is 0 Å². The molecule has 1 atom stereocenters. The Kier molecular flexibility index (Phi) is 7.08. The molecule has 6 nitrogen and oxygen atoms in total. The second-order valence-corrected chi connectivity index (χ2v) is 4.78. The summed E-state index contributed by atoms with van der Waals surface area (Å²) in [5, 5.41) is 2.75. The van der Waals surface area contributed by atoms with E-state index in [1.807, 2.05) is 13.8 Å². The highest BCUT2D eigenvalue weighted by Gasteiger charge is 2.10. The van der Waals surface area contributed by atoms with Crippen LogP contribution in [-0.2, 0) is 14.3 Å². The van der Waals surface area contributed by atoms with Gasteiger partial charge in [-0.15, -0.1) is 0 Å². The molecule has 0 aliphatic heterocycles. The highest BCUT2D eigenvalue weighted by Crippen LogP contribution is 2.12. The summed E-state index contributed by atoms with van der Waals surface area (Å²) in [6.45, 7) is 3.41. The van der Waals surface area contributed by atoms with Crippen molar-refractivity contribution in [2.24, 2.45) is 0 Å². The Labute approximate surface area is 124 Å². The molecule has 0 saturated heterocycles. The zero-order valence-electron chi connectivity index (χ0n) is 12.4. The first-order valence-electron chi connectivity index (χ1n) is 6.94. The first-order chi connectivity index (χ1) is 10.0. The minimum absolute atomic E-state index is 0.0761. The number of nitrogens with two attached hydrogens (primary N) is 1. The lowest BCUT2D eigenvalue weighted by Gasteiger charge is -2.12. The van der Waals surface area contributed by atoms with Crippen LogP contribution in [0.25, 0.3) is 0 Å². The predicted octanol–water partition coefficient (Wildman–Crippen LogP) is 1.50. The fourth-order valence-corrected chi connectivity index (χ4v) is 1.72. The van der Waals surface area contributed by atoms with Crippen LogP contribution in [0.5, 0.6) is 5.75 Å². The van der Waals surface area contributed by atoms with E-state index < -0.39 is 5.97 Å². The molecule has 1 aromatic carbocycles. The minimum Gasteiger partial charge on any atom is -0.482 e. The first kappa shape index (κ1) is 16.8. The van der Waals surface area contributed by atoms with Crippen molar-refractivity contribution in [1.82, 2.24) is 5.32 Å². The van der Waals surface area contributed by atoms with E-state index in [0.29, 0.717) is 11.4 Å². The van der Waals surface area contributed by atoms with Crippen molar-refractivity contribution in [3.05, 3.63) is 24.3 Å². The molecule has 3 N–H and O–H groups in total. The number of nitrogen functional groups attached to an aromatic ring is 1. The van der Waals surface area contributed by atoms with E-state index in [0.717, 1.165) is 12.8 Å². The van der Waals surface area contributed by atoms with E-state index in [9.17, 15) is 9.59 Å². The van der Waals surface area contributed by atoms with Crippen molar-refractivity contribution >= 4 is 17.6 Å². The lowest BCUT2D eigenvalue weighted by molar-refractivity contribution is -0.150. The van der Waals surface area contributed by atoms with Crippen molar-refractivity contribution in [2.75, 3.05) is 18.9 Å². The molecule has 116 valence electrons. The molecule has 0 bridgehead atoms. The maximum atomic E-state index is 11.5. The molecule has 1 unspecified atom stereocenters. The van der Waals surface area contributed by atoms with E-state index >= 15 is 0 Å². The fourth-order valence-electron chi connectivity index (χ4n) is 1.72. The number of hydrogen-bond donors (Lipinski definition) is 2. The number of nitrogens with one attached hydrogen (secondary N) is 1. The van der Waals surface area contributed by atoms with Gasteiger partial charge in [-0.3, -0.25) is 4.79 Å². The highest BCUT2D eigenvalue weighted by molar-refractivity contribution is 5.81. The van der Waals surface area contributed by atoms with Crippen molar-refractivity contribution in [2.45, 2.75) is 32.7 Å². The Balaban J connectivity index is 2.21. The van der Waals surface area contributed by atoms with Crippen LogP contribution in [0.2, 0.25) is 0 Å². The van der Waals surface area contributed by atoms with Crippen molar-refractivity contribution in [3.8, 4) is 5.75 Å². The second-order valence-electron chi connectivity index (χ2n) is 4.78. The van der Waals surface area contributed by atoms with E-state index in [1.54, 1.807) is 24.3 Å². The number of benzene rings is 1. The fraction of sp³-hybridized carbons (Fsp3) is 0.467. The number of anilines is 1. The molecule has 0 aliphatic rings. The van der Waals surface area contributed by atoms with Gasteiger partial charge in [-0.05, 0) is 37.6 Å². The lowest BCUT2D eigenvalue weighted by Crippen LogP contribution is -2.36. The largest absolute Gasteiger partial charge is 0.482 e. The van der Waals surface area contributed by atoms with Crippen molar-refractivity contribution in [3.63, 3.8) is 0 Å². The van der Waals surface area contributed by atoms with Gasteiger partial charge in [0.05, 0.1) is 0 Å². The summed E-state index contributed by atoms with van der Waals surface area (Å²) < 4.78 is 10.0. The number of ether oxygens (including phenoxy) is 2.